The van der Waals surface area contributed by atoms with Gasteiger partial charge >= 0.3 is 11.7 Å². The lowest BCUT2D eigenvalue weighted by Crippen LogP contribution is -2.18. The molecule has 0 bridgehead atoms. The number of benzene rings is 2. The summed E-state index contributed by atoms with van der Waals surface area (Å²) in [6.07, 6.45) is -0.789. The molecule has 0 saturated heterocycles. The van der Waals surface area contributed by atoms with Crippen molar-refractivity contribution in [3.05, 3.63) is 74.3 Å². The van der Waals surface area contributed by atoms with Gasteiger partial charge in [-0.2, -0.15) is 0 Å². The lowest BCUT2D eigenvalue weighted by molar-refractivity contribution is 0.165. The minimum absolute atomic E-state index is 0.0587. The number of rotatable bonds is 2. The molecule has 1 heterocycles. The molecule has 3 rings (SSSR count). The second-order valence-corrected chi connectivity index (χ2v) is 6.74. The Balaban J connectivity index is 0.000000409. The molecule has 0 aliphatic carbocycles. The van der Waals surface area contributed by atoms with E-state index in [1.54, 1.807) is 37.3 Å². The van der Waals surface area contributed by atoms with Crippen molar-refractivity contribution in [2.75, 3.05) is 19.8 Å². The fraction of sp³-hybridized carbons (Fsp3) is 0.200. The van der Waals surface area contributed by atoms with Gasteiger partial charge in [0.1, 0.15) is 11.4 Å². The van der Waals surface area contributed by atoms with Crippen LogP contribution in [-0.2, 0) is 6.42 Å². The predicted molar refractivity (Wildman–Crippen MR) is 108 cm³/mol. The lowest BCUT2D eigenvalue weighted by atomic mass is 9.99. The molecule has 3 N–H and O–H groups in total. The van der Waals surface area contributed by atoms with Crippen LogP contribution in [0.4, 0.5) is 14.9 Å². The average Bonchev–Trinajstić information content (AvgIpc) is 2.63. The molecule has 28 heavy (non-hydrogen) atoms. The SMILES string of the molecule is CN(C)C(=O)O.Cc1c(Cc2cccc(N)c2F)c(=O)oc2ccc(Cl)cc12. The maximum Gasteiger partial charge on any atom is 0.406 e. The van der Waals surface area contributed by atoms with Gasteiger partial charge in [0.25, 0.3) is 0 Å². The highest BCUT2D eigenvalue weighted by atomic mass is 35.5. The molecule has 0 fully saturated rings. The zero-order chi connectivity index (χ0) is 21.0. The molecular weight excluding hydrogens is 387 g/mol. The quantitative estimate of drug-likeness (QED) is 0.488. The maximum atomic E-state index is 14.0. The van der Waals surface area contributed by atoms with Crippen molar-refractivity contribution in [2.45, 2.75) is 13.3 Å². The number of nitrogens with two attached hydrogens (primary N) is 1. The topological polar surface area (TPSA) is 96.8 Å². The number of fused-ring (bicyclic) bond motifs is 1. The van der Waals surface area contributed by atoms with E-state index in [9.17, 15) is 14.0 Å². The van der Waals surface area contributed by atoms with E-state index in [0.29, 0.717) is 21.7 Å². The van der Waals surface area contributed by atoms with Crippen molar-refractivity contribution < 1.29 is 18.7 Å². The van der Waals surface area contributed by atoms with E-state index in [2.05, 4.69) is 0 Å². The number of carbonyl (C=O) groups is 1. The van der Waals surface area contributed by atoms with Gasteiger partial charge in [0, 0.05) is 36.5 Å². The minimum Gasteiger partial charge on any atom is -0.465 e. The summed E-state index contributed by atoms with van der Waals surface area (Å²) in [5.41, 5.74) is 7.10. The van der Waals surface area contributed by atoms with Crippen molar-refractivity contribution in [1.29, 1.82) is 0 Å². The molecule has 1 amide bonds. The Kier molecular flexibility index (Phi) is 6.64. The molecule has 6 nitrogen and oxygen atoms in total. The average molecular weight is 407 g/mol. The van der Waals surface area contributed by atoms with E-state index in [1.165, 1.54) is 20.2 Å². The third-order valence-electron chi connectivity index (χ3n) is 4.11. The van der Waals surface area contributed by atoms with E-state index >= 15 is 0 Å². The van der Waals surface area contributed by atoms with Gasteiger partial charge in [-0.25, -0.2) is 14.0 Å². The van der Waals surface area contributed by atoms with Gasteiger partial charge in [-0.05, 0) is 42.3 Å². The van der Waals surface area contributed by atoms with Gasteiger partial charge < -0.3 is 20.2 Å². The normalized spacial score (nSPS) is 10.3. The number of aryl methyl sites for hydroxylation is 1. The molecule has 0 saturated carbocycles. The Morgan fingerprint density at radius 1 is 1.29 bits per heavy atom. The second kappa shape index (κ2) is 8.75. The first-order chi connectivity index (χ1) is 13.1. The van der Waals surface area contributed by atoms with Crippen molar-refractivity contribution in [2.24, 2.45) is 0 Å². The Bertz CT molecular complexity index is 1080. The smallest absolute Gasteiger partial charge is 0.406 e. The number of nitrogen functional groups attached to an aromatic ring is 1. The number of halogens is 2. The van der Waals surface area contributed by atoms with Crippen LogP contribution in [0, 0.1) is 12.7 Å². The van der Waals surface area contributed by atoms with Gasteiger partial charge in [-0.1, -0.05) is 23.7 Å². The van der Waals surface area contributed by atoms with Crippen molar-refractivity contribution in [1.82, 2.24) is 4.90 Å². The third-order valence-corrected chi connectivity index (χ3v) is 4.34. The highest BCUT2D eigenvalue weighted by Gasteiger charge is 2.15. The fourth-order valence-electron chi connectivity index (χ4n) is 2.49. The Morgan fingerprint density at radius 3 is 2.54 bits per heavy atom. The van der Waals surface area contributed by atoms with E-state index in [-0.39, 0.29) is 12.1 Å². The van der Waals surface area contributed by atoms with Crippen LogP contribution in [0.15, 0.2) is 45.6 Å². The van der Waals surface area contributed by atoms with Gasteiger partial charge in [0.2, 0.25) is 0 Å². The van der Waals surface area contributed by atoms with Gasteiger partial charge in [0.15, 0.2) is 0 Å². The second-order valence-electron chi connectivity index (χ2n) is 6.31. The van der Waals surface area contributed by atoms with E-state index < -0.39 is 17.5 Å². The third kappa shape index (κ3) is 4.80. The van der Waals surface area contributed by atoms with Crippen LogP contribution >= 0.6 is 11.6 Å². The molecule has 2 aromatic carbocycles. The number of amides is 1. The summed E-state index contributed by atoms with van der Waals surface area (Å²) in [5.74, 6) is -0.507. The van der Waals surface area contributed by atoms with Crippen molar-refractivity contribution >= 4 is 34.4 Å². The maximum absolute atomic E-state index is 14.0. The van der Waals surface area contributed by atoms with Crippen LogP contribution < -0.4 is 11.4 Å². The molecule has 0 atom stereocenters. The molecule has 0 aliphatic rings. The minimum atomic E-state index is -0.907. The summed E-state index contributed by atoms with van der Waals surface area (Å²) in [4.78, 5) is 22.9. The van der Waals surface area contributed by atoms with Crippen LogP contribution in [0.2, 0.25) is 5.02 Å². The molecule has 0 spiro atoms. The van der Waals surface area contributed by atoms with E-state index in [0.717, 1.165) is 15.8 Å². The molecule has 8 heteroatoms. The first kappa shape index (κ1) is 21.2. The zero-order valence-corrected chi connectivity index (χ0v) is 16.4. The van der Waals surface area contributed by atoms with Crippen LogP contribution in [0.25, 0.3) is 11.0 Å². The monoisotopic (exact) mass is 406 g/mol. The highest BCUT2D eigenvalue weighted by Crippen LogP contribution is 2.25. The summed E-state index contributed by atoms with van der Waals surface area (Å²) in [7, 11) is 2.95. The Morgan fingerprint density at radius 2 is 1.93 bits per heavy atom. The molecule has 0 unspecified atom stereocenters. The number of hydrogen-bond donors (Lipinski definition) is 2. The van der Waals surface area contributed by atoms with E-state index in [4.69, 9.17) is 26.9 Å². The first-order valence-electron chi connectivity index (χ1n) is 8.26. The van der Waals surface area contributed by atoms with Gasteiger partial charge in [-0.15, -0.1) is 0 Å². The molecule has 148 valence electrons. The van der Waals surface area contributed by atoms with Crippen LogP contribution in [0.1, 0.15) is 16.7 Å². The zero-order valence-electron chi connectivity index (χ0n) is 15.6. The number of anilines is 1. The number of hydrogen-bond acceptors (Lipinski definition) is 4. The summed E-state index contributed by atoms with van der Waals surface area (Å²) in [6.45, 7) is 1.80. The Labute approximate surface area is 165 Å². The predicted octanol–water partition coefficient (Wildman–Crippen LogP) is 4.29. The van der Waals surface area contributed by atoms with Gasteiger partial charge in [-0.3, -0.25) is 0 Å². The van der Waals surface area contributed by atoms with Crippen molar-refractivity contribution in [3.63, 3.8) is 0 Å². The summed E-state index contributed by atoms with van der Waals surface area (Å²) in [6, 6.07) is 9.78. The summed E-state index contributed by atoms with van der Waals surface area (Å²) >= 11 is 5.99. The number of carboxylic acid groups (broad SMARTS) is 1. The van der Waals surface area contributed by atoms with Crippen LogP contribution in [-0.4, -0.2) is 30.2 Å². The fourth-order valence-corrected chi connectivity index (χ4v) is 2.66. The largest absolute Gasteiger partial charge is 0.465 e. The van der Waals surface area contributed by atoms with Crippen LogP contribution in [0.3, 0.4) is 0 Å². The molecule has 0 aliphatic heterocycles. The lowest BCUT2D eigenvalue weighted by Gasteiger charge is -2.09. The molecule has 3 aromatic rings. The summed E-state index contributed by atoms with van der Waals surface area (Å²) < 4.78 is 19.4. The van der Waals surface area contributed by atoms with E-state index in [1.807, 2.05) is 0 Å². The van der Waals surface area contributed by atoms with Gasteiger partial charge in [0.05, 0.1) is 5.69 Å². The standard InChI is InChI=1S/C17H13ClFNO2.C3H7NO2/c1-9-12-8-11(18)5-6-15(12)22-17(21)13(9)7-10-3-2-4-14(20)16(10)19;1-4(2)3(5)6/h2-6,8H,7,20H2,1H3;1-2H3,(H,5,6). The van der Waals surface area contributed by atoms with Crippen molar-refractivity contribution in [3.8, 4) is 0 Å². The highest BCUT2D eigenvalue weighted by molar-refractivity contribution is 6.31. The molecular formula is C20H20ClFN2O4. The van der Waals surface area contributed by atoms with Crippen LogP contribution in [0.5, 0.6) is 0 Å². The molecule has 0 radical (unpaired) electrons. The Hall–Kier alpha value is -3.06. The number of nitrogens with zero attached hydrogens (tertiary/aromatic N) is 1. The first-order valence-corrected chi connectivity index (χ1v) is 8.64. The summed E-state index contributed by atoms with van der Waals surface area (Å²) in [5, 5.41) is 9.21. The molecule has 1 aromatic heterocycles.